The molecule has 0 N–H and O–H groups in total. The van der Waals surface area contributed by atoms with Crippen molar-refractivity contribution in [3.05, 3.63) is 34.4 Å². The molecular formula is C11H12N2O5S. The first-order valence-corrected chi connectivity index (χ1v) is 6.89. The van der Waals surface area contributed by atoms with Crippen molar-refractivity contribution in [2.24, 2.45) is 0 Å². The minimum Gasteiger partial charge on any atom is -0.258 e. The average Bonchev–Trinajstić information content (AvgIpc) is 2.38. The first-order valence-electron chi connectivity index (χ1n) is 5.48. The lowest BCUT2D eigenvalue weighted by Gasteiger charge is -2.09. The zero-order chi connectivity index (χ0) is 14.5. The molecule has 0 aliphatic carbocycles. The molecule has 1 rings (SSSR count). The summed E-state index contributed by atoms with van der Waals surface area (Å²) < 4.78 is 28.4. The van der Waals surface area contributed by atoms with E-state index in [1.54, 1.807) is 13.0 Å². The summed E-state index contributed by atoms with van der Waals surface area (Å²) in [4.78, 5) is 9.61. The highest BCUT2D eigenvalue weighted by molar-refractivity contribution is 7.86. The van der Waals surface area contributed by atoms with Gasteiger partial charge >= 0.3 is 0 Å². The van der Waals surface area contributed by atoms with Gasteiger partial charge in [-0.25, -0.2) is 4.18 Å². The summed E-state index contributed by atoms with van der Waals surface area (Å²) in [5.74, 6) is 0. The molecule has 0 saturated carbocycles. The number of nitrogens with zero attached hydrogens (tertiary/aromatic N) is 2. The molecule has 0 radical (unpaired) electrons. The van der Waals surface area contributed by atoms with Gasteiger partial charge < -0.3 is 0 Å². The van der Waals surface area contributed by atoms with E-state index in [1.165, 1.54) is 0 Å². The van der Waals surface area contributed by atoms with E-state index in [-0.39, 0.29) is 10.6 Å². The maximum atomic E-state index is 11.8. The second-order valence-corrected chi connectivity index (χ2v) is 5.28. The Morgan fingerprint density at radius 3 is 2.42 bits per heavy atom. The number of non-ortho nitro benzene ring substituents is 1. The molecule has 0 aromatic heterocycles. The van der Waals surface area contributed by atoms with Gasteiger partial charge in [-0.1, -0.05) is 13.3 Å². The number of nitriles is 1. The standard InChI is InChI=1S/C11H12N2O5S/c1-2-3-10(8-12)18-19(16,17)11-6-4-9(5-7-11)13(14)15/h4-7,10H,2-3H2,1H3/t10-/m1/s1. The van der Waals surface area contributed by atoms with Crippen LogP contribution in [0.1, 0.15) is 19.8 Å². The molecule has 19 heavy (non-hydrogen) atoms. The molecule has 8 heteroatoms. The molecule has 0 unspecified atom stereocenters. The van der Waals surface area contributed by atoms with Crippen LogP contribution < -0.4 is 0 Å². The Bertz CT molecular complexity index is 589. The fraction of sp³-hybridized carbons (Fsp3) is 0.364. The van der Waals surface area contributed by atoms with E-state index in [9.17, 15) is 18.5 Å². The average molecular weight is 284 g/mol. The fourth-order valence-electron chi connectivity index (χ4n) is 1.34. The Labute approximate surface area is 110 Å². The molecule has 0 bridgehead atoms. The van der Waals surface area contributed by atoms with E-state index in [0.29, 0.717) is 12.8 Å². The smallest absolute Gasteiger partial charge is 0.258 e. The van der Waals surface area contributed by atoms with Gasteiger partial charge in [0.05, 0.1) is 15.9 Å². The van der Waals surface area contributed by atoms with Crippen LogP contribution in [0.15, 0.2) is 29.2 Å². The van der Waals surface area contributed by atoms with Crippen molar-refractivity contribution in [2.75, 3.05) is 0 Å². The summed E-state index contributed by atoms with van der Waals surface area (Å²) in [6.45, 7) is 1.80. The third-order valence-electron chi connectivity index (χ3n) is 2.27. The lowest BCUT2D eigenvalue weighted by atomic mass is 10.2. The van der Waals surface area contributed by atoms with Crippen LogP contribution in [0.3, 0.4) is 0 Å². The third kappa shape index (κ3) is 4.01. The highest BCUT2D eigenvalue weighted by atomic mass is 32.2. The van der Waals surface area contributed by atoms with Crippen LogP contribution in [0, 0.1) is 21.4 Å². The van der Waals surface area contributed by atoms with Gasteiger partial charge in [-0.2, -0.15) is 13.7 Å². The highest BCUT2D eigenvalue weighted by Crippen LogP contribution is 2.19. The highest BCUT2D eigenvalue weighted by Gasteiger charge is 2.21. The molecule has 1 aromatic carbocycles. The molecular weight excluding hydrogens is 272 g/mol. The van der Waals surface area contributed by atoms with Crippen LogP contribution in [0.4, 0.5) is 5.69 Å². The molecule has 102 valence electrons. The van der Waals surface area contributed by atoms with Crippen molar-refractivity contribution in [1.29, 1.82) is 5.26 Å². The van der Waals surface area contributed by atoms with Crippen molar-refractivity contribution in [1.82, 2.24) is 0 Å². The van der Waals surface area contributed by atoms with E-state index in [1.807, 2.05) is 0 Å². The molecule has 0 saturated heterocycles. The van der Waals surface area contributed by atoms with Crippen molar-refractivity contribution < 1.29 is 17.5 Å². The molecule has 0 heterocycles. The molecule has 0 fully saturated rings. The monoisotopic (exact) mass is 284 g/mol. The number of nitro groups is 1. The molecule has 0 aliphatic rings. The minimum atomic E-state index is -4.08. The lowest BCUT2D eigenvalue weighted by molar-refractivity contribution is -0.384. The molecule has 0 spiro atoms. The maximum absolute atomic E-state index is 11.8. The Morgan fingerprint density at radius 1 is 1.42 bits per heavy atom. The SMILES string of the molecule is CCC[C@H](C#N)OS(=O)(=O)c1ccc([N+](=O)[O-])cc1. The van der Waals surface area contributed by atoms with Crippen molar-refractivity contribution in [2.45, 2.75) is 30.8 Å². The second kappa shape index (κ2) is 6.26. The Hall–Kier alpha value is -1.98. The fourth-order valence-corrected chi connectivity index (χ4v) is 2.36. The topological polar surface area (TPSA) is 110 Å². The van der Waals surface area contributed by atoms with Crippen molar-refractivity contribution >= 4 is 15.8 Å². The van der Waals surface area contributed by atoms with Gasteiger partial charge in [0.2, 0.25) is 0 Å². The number of nitro benzene ring substituents is 1. The zero-order valence-corrected chi connectivity index (χ0v) is 11.0. The van der Waals surface area contributed by atoms with Gasteiger partial charge in [0.1, 0.15) is 0 Å². The molecule has 0 amide bonds. The summed E-state index contributed by atoms with van der Waals surface area (Å²) >= 11 is 0. The Kier molecular flexibility index (Phi) is 4.97. The van der Waals surface area contributed by atoms with Crippen LogP contribution in [0.2, 0.25) is 0 Å². The minimum absolute atomic E-state index is 0.213. The predicted octanol–water partition coefficient (Wildman–Crippen LogP) is 1.99. The van der Waals surface area contributed by atoms with E-state index in [2.05, 4.69) is 0 Å². The van der Waals surface area contributed by atoms with Gasteiger partial charge in [0, 0.05) is 12.1 Å². The van der Waals surface area contributed by atoms with E-state index < -0.39 is 21.1 Å². The normalized spacial score (nSPS) is 12.6. The Morgan fingerprint density at radius 2 is 2.00 bits per heavy atom. The molecule has 0 aliphatic heterocycles. The van der Waals surface area contributed by atoms with E-state index in [0.717, 1.165) is 24.3 Å². The van der Waals surface area contributed by atoms with Crippen molar-refractivity contribution in [3.8, 4) is 6.07 Å². The van der Waals surface area contributed by atoms with E-state index in [4.69, 9.17) is 9.44 Å². The second-order valence-electron chi connectivity index (χ2n) is 3.71. The molecule has 1 atom stereocenters. The van der Waals surface area contributed by atoms with Gasteiger partial charge in [-0.15, -0.1) is 0 Å². The molecule has 1 aromatic rings. The summed E-state index contributed by atoms with van der Waals surface area (Å²) in [5, 5.41) is 19.2. The summed E-state index contributed by atoms with van der Waals surface area (Å²) in [5.41, 5.74) is -0.218. The first-order chi connectivity index (χ1) is 8.90. The number of hydrogen-bond acceptors (Lipinski definition) is 6. The van der Waals surface area contributed by atoms with Gasteiger partial charge in [0.25, 0.3) is 15.8 Å². The summed E-state index contributed by atoms with van der Waals surface area (Å²) in [6.07, 6.45) is -0.151. The first kappa shape index (κ1) is 15.1. The third-order valence-corrected chi connectivity index (χ3v) is 3.61. The number of benzene rings is 1. The number of hydrogen-bond donors (Lipinski definition) is 0. The maximum Gasteiger partial charge on any atom is 0.298 e. The van der Waals surface area contributed by atoms with Crippen LogP contribution >= 0.6 is 0 Å². The zero-order valence-electron chi connectivity index (χ0n) is 10.1. The quantitative estimate of drug-likeness (QED) is 0.448. The van der Waals surface area contributed by atoms with Gasteiger partial charge in [0.15, 0.2) is 6.10 Å². The lowest BCUT2D eigenvalue weighted by Crippen LogP contribution is -2.16. The van der Waals surface area contributed by atoms with Crippen LogP contribution in [-0.4, -0.2) is 19.4 Å². The van der Waals surface area contributed by atoms with E-state index >= 15 is 0 Å². The Balaban J connectivity index is 2.94. The van der Waals surface area contributed by atoms with Crippen molar-refractivity contribution in [3.63, 3.8) is 0 Å². The summed E-state index contributed by atoms with van der Waals surface area (Å²) in [6, 6.07) is 6.04. The number of rotatable bonds is 6. The van der Waals surface area contributed by atoms with Gasteiger partial charge in [-0.3, -0.25) is 10.1 Å². The molecule has 7 nitrogen and oxygen atoms in total. The van der Waals surface area contributed by atoms with Crippen LogP contribution in [0.5, 0.6) is 0 Å². The van der Waals surface area contributed by atoms with Crippen LogP contribution in [-0.2, 0) is 14.3 Å². The van der Waals surface area contributed by atoms with Gasteiger partial charge in [-0.05, 0) is 18.6 Å². The summed E-state index contributed by atoms with van der Waals surface area (Å²) in [7, 11) is -4.08. The van der Waals surface area contributed by atoms with Crippen LogP contribution in [0.25, 0.3) is 0 Å². The predicted molar refractivity (Wildman–Crippen MR) is 65.7 cm³/mol. The largest absolute Gasteiger partial charge is 0.298 e.